The fourth-order valence-corrected chi connectivity index (χ4v) is 6.65. The minimum absolute atomic E-state index is 0.0583. The van der Waals surface area contributed by atoms with Gasteiger partial charge in [0.15, 0.2) is 0 Å². The molecule has 0 bridgehead atoms. The summed E-state index contributed by atoms with van der Waals surface area (Å²) in [5.41, 5.74) is 11.2. The van der Waals surface area contributed by atoms with Gasteiger partial charge in [0.25, 0.3) is 0 Å². The summed E-state index contributed by atoms with van der Waals surface area (Å²) >= 11 is 0. The third-order valence-electron chi connectivity index (χ3n) is 9.59. The van der Waals surface area contributed by atoms with Crippen LogP contribution in [0.15, 0.2) is 72.8 Å². The molecule has 56 heavy (non-hydrogen) atoms. The summed E-state index contributed by atoms with van der Waals surface area (Å²) in [5, 5.41) is 16.2. The zero-order valence-electron chi connectivity index (χ0n) is 32.3. The molecule has 3 aromatic rings. The van der Waals surface area contributed by atoms with E-state index in [0.29, 0.717) is 37.9 Å². The molecule has 8 N–H and O–H groups in total. The molecule has 14 nitrogen and oxygen atoms in total. The molecule has 14 heteroatoms. The molecule has 1 radical (unpaired) electrons. The lowest BCUT2D eigenvalue weighted by atomic mass is 9.98. The van der Waals surface area contributed by atoms with E-state index in [9.17, 15) is 28.8 Å². The number of nitrogens with two attached hydrogens (primary N) is 1. The summed E-state index contributed by atoms with van der Waals surface area (Å²) < 4.78 is 5.61. The fraction of sp³-hybridized carbons (Fsp3) is 0.405. The van der Waals surface area contributed by atoms with E-state index in [1.54, 1.807) is 26.0 Å². The molecule has 4 rings (SSSR count). The van der Waals surface area contributed by atoms with Gasteiger partial charge in [-0.15, -0.1) is 0 Å². The normalized spacial score (nSPS) is 13.3. The van der Waals surface area contributed by atoms with Gasteiger partial charge in [-0.25, -0.2) is 9.59 Å². The van der Waals surface area contributed by atoms with Crippen molar-refractivity contribution in [3.05, 3.63) is 96.4 Å². The third-order valence-corrected chi connectivity index (χ3v) is 9.59. The van der Waals surface area contributed by atoms with Gasteiger partial charge >= 0.3 is 12.1 Å². The number of primary amides is 1. The van der Waals surface area contributed by atoms with E-state index >= 15 is 0 Å². The number of carbonyl (C=O) groups excluding carboxylic acids is 6. The second-order valence-electron chi connectivity index (χ2n) is 14.2. The number of benzene rings is 3. The molecule has 3 aromatic carbocycles. The van der Waals surface area contributed by atoms with Crippen LogP contribution in [-0.4, -0.2) is 73.6 Å². The molecule has 0 saturated heterocycles. The zero-order chi connectivity index (χ0) is 40.6. The number of hydrogen-bond acceptors (Lipinski definition) is 7. The van der Waals surface area contributed by atoms with Crippen LogP contribution in [0.3, 0.4) is 0 Å². The first-order chi connectivity index (χ1) is 26.9. The van der Waals surface area contributed by atoms with Gasteiger partial charge in [-0.3, -0.25) is 19.2 Å². The Morgan fingerprint density at radius 1 is 0.714 bits per heavy atom. The minimum Gasteiger partial charge on any atom is -0.449 e. The van der Waals surface area contributed by atoms with Crippen LogP contribution in [0.2, 0.25) is 0 Å². The molecule has 1 aliphatic rings. The van der Waals surface area contributed by atoms with E-state index in [0.717, 1.165) is 27.8 Å². The highest BCUT2D eigenvalue weighted by Gasteiger charge is 2.32. The predicted molar refractivity (Wildman–Crippen MR) is 214 cm³/mol. The van der Waals surface area contributed by atoms with E-state index in [1.165, 1.54) is 6.92 Å². The Labute approximate surface area is 328 Å². The smallest absolute Gasteiger partial charge is 0.407 e. The highest BCUT2D eigenvalue weighted by atomic mass is 16.5. The summed E-state index contributed by atoms with van der Waals surface area (Å²) in [6, 6.07) is 19.6. The number of hydrogen-bond donors (Lipinski definition) is 7. The molecule has 0 spiro atoms. The molecule has 0 saturated carbocycles. The van der Waals surface area contributed by atoms with Gasteiger partial charge in [-0.05, 0) is 91.3 Å². The molecule has 0 fully saturated rings. The quantitative estimate of drug-likeness (QED) is 0.0829. The van der Waals surface area contributed by atoms with Gasteiger partial charge in [0.2, 0.25) is 23.6 Å². The third kappa shape index (κ3) is 12.6. The molecule has 1 aliphatic carbocycles. The number of nitrogens with one attached hydrogen (secondary N) is 6. The Balaban J connectivity index is 1.28. The molecular weight excluding hydrogens is 715 g/mol. The predicted octanol–water partition coefficient (Wildman–Crippen LogP) is 4.29. The SMILES string of the molecule is [CH2]Cc1ccc(NC(=O)[C@H](CCCNC(N)=O)NC(=O)[C@@H](NC(=O)[C@H](CCCCNC(=O)OCC2c3ccccc3-c3ccccc32)NC(C)=O)C(C)C)cc1. The maximum atomic E-state index is 13.6. The average Bonchev–Trinajstić information content (AvgIpc) is 3.49. The van der Waals surface area contributed by atoms with Crippen LogP contribution in [0, 0.1) is 12.8 Å². The second-order valence-corrected chi connectivity index (χ2v) is 14.2. The number of alkyl carbamates (subject to hydrolysis) is 1. The number of unbranched alkanes of at least 4 members (excludes halogenated alkanes) is 1. The van der Waals surface area contributed by atoms with Gasteiger partial charge in [0.1, 0.15) is 24.7 Å². The molecular formula is C42H54N7O7. The molecule has 7 amide bonds. The first kappa shape index (κ1) is 42.8. The van der Waals surface area contributed by atoms with E-state index < -0.39 is 53.9 Å². The van der Waals surface area contributed by atoms with Crippen LogP contribution in [0.4, 0.5) is 15.3 Å². The highest BCUT2D eigenvalue weighted by Crippen LogP contribution is 2.44. The van der Waals surface area contributed by atoms with Crippen molar-refractivity contribution in [3.63, 3.8) is 0 Å². The van der Waals surface area contributed by atoms with Crippen molar-refractivity contribution in [2.75, 3.05) is 25.0 Å². The van der Waals surface area contributed by atoms with Crippen molar-refractivity contribution in [1.29, 1.82) is 0 Å². The van der Waals surface area contributed by atoms with Gasteiger partial charge in [-0.1, -0.05) is 74.5 Å². The summed E-state index contributed by atoms with van der Waals surface area (Å²) in [5.74, 6) is -2.48. The number of carbonyl (C=O) groups is 6. The van der Waals surface area contributed by atoms with Crippen molar-refractivity contribution >= 4 is 41.4 Å². The minimum atomic E-state index is -1.04. The van der Waals surface area contributed by atoms with Gasteiger partial charge in [-0.2, -0.15) is 0 Å². The summed E-state index contributed by atoms with van der Waals surface area (Å²) in [6.07, 6.45) is 1.77. The monoisotopic (exact) mass is 768 g/mol. The Hall–Kier alpha value is -5.92. The van der Waals surface area contributed by atoms with Crippen molar-refractivity contribution in [1.82, 2.24) is 26.6 Å². The van der Waals surface area contributed by atoms with Crippen LogP contribution in [0.1, 0.15) is 75.5 Å². The number of urea groups is 1. The van der Waals surface area contributed by atoms with E-state index in [-0.39, 0.29) is 37.8 Å². The molecule has 0 unspecified atom stereocenters. The Morgan fingerprint density at radius 2 is 1.30 bits per heavy atom. The van der Waals surface area contributed by atoms with E-state index in [2.05, 4.69) is 63.1 Å². The first-order valence-electron chi connectivity index (χ1n) is 19.1. The van der Waals surface area contributed by atoms with Gasteiger partial charge < -0.3 is 42.4 Å². The topological polar surface area (TPSA) is 210 Å². The van der Waals surface area contributed by atoms with Crippen LogP contribution in [0.25, 0.3) is 11.1 Å². The molecule has 0 aliphatic heterocycles. The highest BCUT2D eigenvalue weighted by molar-refractivity contribution is 5.99. The molecule has 3 atom stereocenters. The maximum Gasteiger partial charge on any atom is 0.407 e. The van der Waals surface area contributed by atoms with Crippen LogP contribution < -0.4 is 37.6 Å². The molecule has 0 aromatic heterocycles. The Morgan fingerprint density at radius 3 is 1.89 bits per heavy atom. The summed E-state index contributed by atoms with van der Waals surface area (Å²) in [6.45, 7) is 9.33. The van der Waals surface area contributed by atoms with Gasteiger partial charge in [0.05, 0.1) is 0 Å². The van der Waals surface area contributed by atoms with Crippen LogP contribution in [0.5, 0.6) is 0 Å². The standard InChI is InChI=1S/C42H54N7O7/c1-5-28-19-21-29(22-20-28)47-38(51)36(18-12-24-44-41(43)54)48-40(53)37(26(2)3)49-39(52)35(46-27(4)50)17-10-11-23-45-42(55)56-25-34-32-15-8-6-13-30(32)31-14-7-9-16-33(31)34/h6-9,13-16,19-22,26,34-37H,1,5,10-12,17-18,23-25H2,2-4H3,(H,45,55)(H,46,50)(H,47,51)(H,48,53)(H,49,52)(H3,43,44,54)/t35-,36-,37-/m0/s1. The number of amides is 7. The van der Waals surface area contributed by atoms with Crippen molar-refractivity contribution in [2.45, 2.75) is 83.3 Å². The zero-order valence-corrected chi connectivity index (χ0v) is 32.3. The van der Waals surface area contributed by atoms with Gasteiger partial charge in [0, 0.05) is 31.6 Å². The number of fused-ring (bicyclic) bond motifs is 3. The van der Waals surface area contributed by atoms with Crippen molar-refractivity contribution < 1.29 is 33.5 Å². The average molecular weight is 769 g/mol. The Kier molecular flexibility index (Phi) is 16.2. The van der Waals surface area contributed by atoms with Crippen LogP contribution in [-0.2, 0) is 30.3 Å². The lowest BCUT2D eigenvalue weighted by molar-refractivity contribution is -0.133. The summed E-state index contributed by atoms with van der Waals surface area (Å²) in [7, 11) is 0. The number of rotatable bonds is 20. The number of ether oxygens (including phenoxy) is 1. The lowest BCUT2D eigenvalue weighted by Gasteiger charge is -2.27. The summed E-state index contributed by atoms with van der Waals surface area (Å²) in [4.78, 5) is 76.4. The Bertz CT molecular complexity index is 1790. The number of anilines is 1. The van der Waals surface area contributed by atoms with E-state index in [4.69, 9.17) is 10.5 Å². The van der Waals surface area contributed by atoms with Crippen molar-refractivity contribution in [2.24, 2.45) is 11.7 Å². The molecule has 0 heterocycles. The fourth-order valence-electron chi connectivity index (χ4n) is 6.65. The maximum absolute atomic E-state index is 13.6. The van der Waals surface area contributed by atoms with Crippen molar-refractivity contribution in [3.8, 4) is 11.1 Å². The molecule has 299 valence electrons. The lowest BCUT2D eigenvalue weighted by Crippen LogP contribution is -2.57. The first-order valence-corrected chi connectivity index (χ1v) is 19.1. The second kappa shape index (κ2) is 21.2. The van der Waals surface area contributed by atoms with E-state index in [1.807, 2.05) is 36.4 Å². The largest absolute Gasteiger partial charge is 0.449 e. The van der Waals surface area contributed by atoms with Crippen LogP contribution >= 0.6 is 0 Å².